The lowest BCUT2D eigenvalue weighted by Crippen LogP contribution is -2.24. The van der Waals surface area contributed by atoms with Gasteiger partial charge in [-0.2, -0.15) is 5.10 Å². The van der Waals surface area contributed by atoms with Gasteiger partial charge in [-0.25, -0.2) is 0 Å². The topological polar surface area (TPSA) is 46.1 Å². The third-order valence-corrected chi connectivity index (χ3v) is 5.85. The van der Waals surface area contributed by atoms with Crippen LogP contribution in [-0.2, 0) is 13.2 Å². The van der Waals surface area contributed by atoms with E-state index in [4.69, 9.17) is 40.2 Å². The van der Waals surface area contributed by atoms with Crippen LogP contribution in [0.5, 0.6) is 5.75 Å². The number of nitrogens with zero attached hydrogens (tertiary/aromatic N) is 3. The molecule has 0 amide bonds. The number of halogens is 2. The molecule has 30 heavy (non-hydrogen) atoms. The first-order chi connectivity index (χ1) is 14.5. The van der Waals surface area contributed by atoms with E-state index in [-0.39, 0.29) is 0 Å². The monoisotopic (exact) mass is 464 g/mol. The van der Waals surface area contributed by atoms with Crippen LogP contribution in [0.3, 0.4) is 0 Å². The summed E-state index contributed by atoms with van der Waals surface area (Å²) < 4.78 is 8.52. The summed E-state index contributed by atoms with van der Waals surface area (Å²) >= 11 is 17.5. The fourth-order valence-electron chi connectivity index (χ4n) is 3.24. The lowest BCUT2D eigenvalue weighted by molar-refractivity contribution is 0.293. The third-order valence-electron chi connectivity index (χ3n) is 5.01. The van der Waals surface area contributed by atoms with E-state index < -0.39 is 0 Å². The van der Waals surface area contributed by atoms with Gasteiger partial charge in [-0.15, -0.1) is 0 Å². The summed E-state index contributed by atoms with van der Waals surface area (Å²) in [5.74, 6) is 1.46. The van der Waals surface area contributed by atoms with Gasteiger partial charge in [-0.05, 0) is 62.0 Å². The Kier molecular flexibility index (Phi) is 8.33. The number of hydrogen-bond acceptors (Lipinski definition) is 4. The van der Waals surface area contributed by atoms with Crippen LogP contribution in [0.25, 0.3) is 11.4 Å². The Morgan fingerprint density at radius 1 is 1.10 bits per heavy atom. The molecule has 0 atom stereocenters. The summed E-state index contributed by atoms with van der Waals surface area (Å²) in [7, 11) is 0. The number of H-pyrrole nitrogens is 1. The Morgan fingerprint density at radius 3 is 2.50 bits per heavy atom. The van der Waals surface area contributed by atoms with E-state index in [1.807, 2.05) is 24.3 Å². The highest BCUT2D eigenvalue weighted by Crippen LogP contribution is 2.28. The molecule has 0 aliphatic carbocycles. The molecule has 5 nitrogen and oxygen atoms in total. The minimum Gasteiger partial charge on any atom is -0.487 e. The van der Waals surface area contributed by atoms with Crippen LogP contribution >= 0.6 is 35.4 Å². The van der Waals surface area contributed by atoms with E-state index in [0.29, 0.717) is 27.2 Å². The summed E-state index contributed by atoms with van der Waals surface area (Å²) in [6.07, 6.45) is 1.02. The van der Waals surface area contributed by atoms with Crippen molar-refractivity contribution < 1.29 is 4.74 Å². The molecule has 8 heteroatoms. The smallest absolute Gasteiger partial charge is 0.195 e. The van der Waals surface area contributed by atoms with Crippen molar-refractivity contribution in [3.05, 3.63) is 62.8 Å². The normalized spacial score (nSPS) is 11.2. The molecule has 3 rings (SSSR count). The van der Waals surface area contributed by atoms with E-state index in [0.717, 1.165) is 49.6 Å². The van der Waals surface area contributed by atoms with Crippen molar-refractivity contribution in [2.24, 2.45) is 0 Å². The molecule has 0 aliphatic heterocycles. The van der Waals surface area contributed by atoms with Gasteiger partial charge in [-0.3, -0.25) is 5.10 Å². The molecule has 0 saturated carbocycles. The van der Waals surface area contributed by atoms with Crippen LogP contribution in [0.4, 0.5) is 0 Å². The second kappa shape index (κ2) is 11.0. The molecular formula is C22H26Cl2N4OS. The van der Waals surface area contributed by atoms with Crippen LogP contribution in [0, 0.1) is 4.77 Å². The number of hydrogen-bond donors (Lipinski definition) is 1. The molecule has 0 aliphatic rings. The first-order valence-corrected chi connectivity index (χ1v) is 11.2. The van der Waals surface area contributed by atoms with Gasteiger partial charge in [-0.1, -0.05) is 61.3 Å². The fourth-order valence-corrected chi connectivity index (χ4v) is 3.93. The van der Waals surface area contributed by atoms with Gasteiger partial charge >= 0.3 is 0 Å². The highest BCUT2D eigenvalue weighted by molar-refractivity contribution is 7.71. The maximum atomic E-state index is 6.16. The zero-order valence-electron chi connectivity index (χ0n) is 17.2. The molecule has 0 radical (unpaired) electrons. The number of rotatable bonds is 10. The van der Waals surface area contributed by atoms with Crippen molar-refractivity contribution in [1.29, 1.82) is 0 Å². The summed E-state index contributed by atoms with van der Waals surface area (Å²) in [5.41, 5.74) is 2.05. The minimum absolute atomic E-state index is 0.415. The van der Waals surface area contributed by atoms with Crippen LogP contribution < -0.4 is 4.74 Å². The van der Waals surface area contributed by atoms with Crippen molar-refractivity contribution in [3.8, 4) is 17.1 Å². The van der Waals surface area contributed by atoms with E-state index in [1.165, 1.54) is 0 Å². The molecule has 0 fully saturated rings. The molecule has 0 spiro atoms. The molecule has 0 saturated heterocycles. The minimum atomic E-state index is 0.415. The third kappa shape index (κ3) is 5.85. The van der Waals surface area contributed by atoms with Gasteiger partial charge in [0.15, 0.2) is 10.6 Å². The summed E-state index contributed by atoms with van der Waals surface area (Å²) in [5, 5.41) is 8.45. The molecule has 1 N–H and O–H groups in total. The number of aromatic amines is 1. The fraction of sp³-hybridized carbons (Fsp3) is 0.364. The Labute approximate surface area is 192 Å². The first-order valence-electron chi connectivity index (χ1n) is 10.1. The van der Waals surface area contributed by atoms with Crippen LogP contribution in [0.2, 0.25) is 10.0 Å². The Hall–Kier alpha value is -1.86. The first kappa shape index (κ1) is 22.8. The standard InChI is InChI=1S/C22H26Cl2N4OS/c1-3-27(4-2)12-5-13-28-21(25-26-22(28)30)17-8-6-16(7-9-17)15-29-20-11-10-18(23)14-19(20)24/h6-11,14H,3-5,12-13,15H2,1-2H3,(H,26,30). The van der Waals surface area contributed by atoms with Gasteiger partial charge < -0.3 is 14.2 Å². The van der Waals surface area contributed by atoms with E-state index in [9.17, 15) is 0 Å². The number of nitrogens with one attached hydrogen (secondary N) is 1. The molecule has 1 heterocycles. The number of benzene rings is 2. The Balaban J connectivity index is 1.65. The van der Waals surface area contributed by atoms with Gasteiger partial charge in [0.2, 0.25) is 0 Å². The average molecular weight is 465 g/mol. The number of aromatic nitrogens is 3. The summed E-state index contributed by atoms with van der Waals surface area (Å²) in [6, 6.07) is 13.3. The van der Waals surface area contributed by atoms with Crippen molar-refractivity contribution >= 4 is 35.4 Å². The van der Waals surface area contributed by atoms with E-state index in [2.05, 4.69) is 33.5 Å². The second-order valence-corrected chi connectivity index (χ2v) is 8.18. The Morgan fingerprint density at radius 2 is 1.83 bits per heavy atom. The zero-order chi connectivity index (χ0) is 21.5. The van der Waals surface area contributed by atoms with Gasteiger partial charge in [0, 0.05) is 17.1 Å². The van der Waals surface area contributed by atoms with Gasteiger partial charge in [0.05, 0.1) is 5.02 Å². The van der Waals surface area contributed by atoms with Crippen molar-refractivity contribution in [1.82, 2.24) is 19.7 Å². The molecule has 0 unspecified atom stereocenters. The van der Waals surface area contributed by atoms with Crippen molar-refractivity contribution in [3.63, 3.8) is 0 Å². The van der Waals surface area contributed by atoms with Crippen molar-refractivity contribution in [2.75, 3.05) is 19.6 Å². The van der Waals surface area contributed by atoms with E-state index in [1.54, 1.807) is 18.2 Å². The van der Waals surface area contributed by atoms with Crippen LogP contribution in [-0.4, -0.2) is 39.3 Å². The molecular weight excluding hydrogens is 439 g/mol. The predicted molar refractivity (Wildman–Crippen MR) is 126 cm³/mol. The maximum absolute atomic E-state index is 6.16. The Bertz CT molecular complexity index is 1010. The lowest BCUT2D eigenvalue weighted by Gasteiger charge is -2.18. The van der Waals surface area contributed by atoms with Gasteiger partial charge in [0.1, 0.15) is 12.4 Å². The zero-order valence-corrected chi connectivity index (χ0v) is 19.5. The summed E-state index contributed by atoms with van der Waals surface area (Å²) in [4.78, 5) is 2.41. The highest BCUT2D eigenvalue weighted by Gasteiger charge is 2.10. The quantitative estimate of drug-likeness (QED) is 0.361. The largest absolute Gasteiger partial charge is 0.487 e. The molecule has 2 aromatic carbocycles. The lowest BCUT2D eigenvalue weighted by atomic mass is 10.1. The molecule has 0 bridgehead atoms. The number of ether oxygens (including phenoxy) is 1. The van der Waals surface area contributed by atoms with Crippen molar-refractivity contribution in [2.45, 2.75) is 33.4 Å². The molecule has 160 valence electrons. The van der Waals surface area contributed by atoms with Crippen LogP contribution in [0.15, 0.2) is 42.5 Å². The van der Waals surface area contributed by atoms with Gasteiger partial charge in [0.25, 0.3) is 0 Å². The predicted octanol–water partition coefficient (Wildman–Crippen LogP) is 6.23. The van der Waals surface area contributed by atoms with Crippen LogP contribution in [0.1, 0.15) is 25.8 Å². The maximum Gasteiger partial charge on any atom is 0.195 e. The second-order valence-electron chi connectivity index (χ2n) is 6.94. The SMILES string of the molecule is CCN(CC)CCCn1c(-c2ccc(COc3ccc(Cl)cc3Cl)cc2)n[nH]c1=S. The van der Waals surface area contributed by atoms with E-state index >= 15 is 0 Å². The molecule has 3 aromatic rings. The highest BCUT2D eigenvalue weighted by atomic mass is 35.5. The summed E-state index contributed by atoms with van der Waals surface area (Å²) in [6.45, 7) is 8.79. The molecule has 1 aromatic heterocycles. The average Bonchev–Trinajstić information content (AvgIpc) is 3.11.